The highest BCUT2D eigenvalue weighted by Gasteiger charge is 2.22. The first-order valence-electron chi connectivity index (χ1n) is 7.72. The van der Waals surface area contributed by atoms with Gasteiger partial charge >= 0.3 is 0 Å². The Balaban J connectivity index is 1.61. The van der Waals surface area contributed by atoms with Crippen molar-refractivity contribution >= 4 is 10.9 Å². The third-order valence-corrected chi connectivity index (χ3v) is 4.51. The fraction of sp³-hybridized carbons (Fsp3) is 0.529. The summed E-state index contributed by atoms with van der Waals surface area (Å²) in [5.41, 5.74) is 2.67. The van der Waals surface area contributed by atoms with E-state index >= 15 is 0 Å². The van der Waals surface area contributed by atoms with Crippen LogP contribution in [0.15, 0.2) is 30.5 Å². The van der Waals surface area contributed by atoms with Crippen LogP contribution in [0.3, 0.4) is 0 Å². The van der Waals surface area contributed by atoms with Gasteiger partial charge in [0.05, 0.1) is 0 Å². The van der Waals surface area contributed by atoms with Crippen molar-refractivity contribution in [3.05, 3.63) is 36.0 Å². The molecule has 1 aliphatic heterocycles. The van der Waals surface area contributed by atoms with Crippen LogP contribution in [0.4, 0.5) is 0 Å². The molecule has 0 bridgehead atoms. The molecule has 3 nitrogen and oxygen atoms in total. The molecule has 1 atom stereocenters. The molecule has 0 unspecified atom stereocenters. The number of nitrogens with one attached hydrogen (secondary N) is 1. The van der Waals surface area contributed by atoms with E-state index < -0.39 is 0 Å². The molecule has 1 N–H and O–H groups in total. The van der Waals surface area contributed by atoms with Gasteiger partial charge in [-0.1, -0.05) is 19.1 Å². The maximum atomic E-state index is 3.29. The highest BCUT2D eigenvalue weighted by atomic mass is 15.2. The third-order valence-electron chi connectivity index (χ3n) is 4.51. The van der Waals surface area contributed by atoms with Gasteiger partial charge < -0.3 is 14.8 Å². The first kappa shape index (κ1) is 13.7. The third kappa shape index (κ3) is 2.89. The van der Waals surface area contributed by atoms with Crippen LogP contribution in [0, 0.1) is 5.92 Å². The van der Waals surface area contributed by atoms with E-state index in [0.717, 1.165) is 12.5 Å². The van der Waals surface area contributed by atoms with Crippen molar-refractivity contribution in [1.29, 1.82) is 0 Å². The molecule has 3 heteroatoms. The Morgan fingerprint density at radius 2 is 2.25 bits per heavy atom. The van der Waals surface area contributed by atoms with Gasteiger partial charge in [-0.25, -0.2) is 0 Å². The van der Waals surface area contributed by atoms with Gasteiger partial charge in [0.1, 0.15) is 0 Å². The largest absolute Gasteiger partial charge is 0.361 e. The fourth-order valence-electron chi connectivity index (χ4n) is 3.43. The number of aromatic nitrogens is 1. The standard InChI is InChI=1S/C17H25N3/c1-3-20-10-8-14(12-20)11-19(2)13-15-5-4-6-17-16(15)7-9-18-17/h4-7,9,14,18H,3,8,10-13H2,1-2H3/t14-/m1/s1. The zero-order valence-electron chi connectivity index (χ0n) is 12.6. The van der Waals surface area contributed by atoms with Gasteiger partial charge in [-0.3, -0.25) is 0 Å². The number of benzene rings is 1. The molecule has 2 aromatic rings. The van der Waals surface area contributed by atoms with Gasteiger partial charge in [-0.05, 0) is 50.2 Å². The van der Waals surface area contributed by atoms with Crippen LogP contribution in [0.25, 0.3) is 10.9 Å². The van der Waals surface area contributed by atoms with Crippen LogP contribution < -0.4 is 0 Å². The number of fused-ring (bicyclic) bond motifs is 1. The van der Waals surface area contributed by atoms with Crippen molar-refractivity contribution in [2.75, 3.05) is 33.2 Å². The molecule has 1 aromatic carbocycles. The lowest BCUT2D eigenvalue weighted by molar-refractivity contribution is 0.261. The van der Waals surface area contributed by atoms with E-state index in [1.807, 2.05) is 6.20 Å². The van der Waals surface area contributed by atoms with E-state index in [2.05, 4.69) is 53.0 Å². The van der Waals surface area contributed by atoms with Gasteiger partial charge in [0.2, 0.25) is 0 Å². The summed E-state index contributed by atoms with van der Waals surface area (Å²) in [4.78, 5) is 8.33. The fourth-order valence-corrected chi connectivity index (χ4v) is 3.43. The van der Waals surface area contributed by atoms with Crippen molar-refractivity contribution in [3.63, 3.8) is 0 Å². The summed E-state index contributed by atoms with van der Waals surface area (Å²) >= 11 is 0. The molecule has 1 aromatic heterocycles. The molecule has 0 spiro atoms. The van der Waals surface area contributed by atoms with E-state index in [4.69, 9.17) is 0 Å². The van der Waals surface area contributed by atoms with Crippen LogP contribution in [0.2, 0.25) is 0 Å². The van der Waals surface area contributed by atoms with E-state index in [-0.39, 0.29) is 0 Å². The summed E-state index contributed by atoms with van der Waals surface area (Å²) in [7, 11) is 2.25. The molecule has 108 valence electrons. The van der Waals surface area contributed by atoms with Crippen LogP contribution >= 0.6 is 0 Å². The zero-order valence-corrected chi connectivity index (χ0v) is 12.6. The zero-order chi connectivity index (χ0) is 13.9. The summed E-state index contributed by atoms with van der Waals surface area (Å²) in [6, 6.07) is 8.73. The number of nitrogens with zero attached hydrogens (tertiary/aromatic N) is 2. The predicted octanol–water partition coefficient (Wildman–Crippen LogP) is 2.94. The maximum absolute atomic E-state index is 3.29. The average molecular weight is 271 g/mol. The Bertz CT molecular complexity index is 560. The molecule has 1 saturated heterocycles. The second kappa shape index (κ2) is 5.98. The monoisotopic (exact) mass is 271 g/mol. The Kier molecular flexibility index (Phi) is 4.08. The van der Waals surface area contributed by atoms with E-state index in [1.165, 1.54) is 49.1 Å². The average Bonchev–Trinajstić information content (AvgIpc) is 3.07. The maximum Gasteiger partial charge on any atom is 0.0457 e. The predicted molar refractivity (Wildman–Crippen MR) is 84.9 cm³/mol. The van der Waals surface area contributed by atoms with E-state index in [9.17, 15) is 0 Å². The molecule has 1 aliphatic rings. The van der Waals surface area contributed by atoms with E-state index in [1.54, 1.807) is 0 Å². The summed E-state index contributed by atoms with van der Waals surface area (Å²) in [5, 5.41) is 1.36. The van der Waals surface area contributed by atoms with Crippen molar-refractivity contribution in [3.8, 4) is 0 Å². The van der Waals surface area contributed by atoms with E-state index in [0.29, 0.717) is 0 Å². The minimum atomic E-state index is 0.838. The number of likely N-dealkylation sites (tertiary alicyclic amines) is 1. The number of hydrogen-bond acceptors (Lipinski definition) is 2. The molecule has 1 fully saturated rings. The summed E-state index contributed by atoms with van der Waals surface area (Å²) in [6.45, 7) is 8.26. The van der Waals surface area contributed by atoms with Gasteiger partial charge in [-0.2, -0.15) is 0 Å². The van der Waals surface area contributed by atoms with Gasteiger partial charge in [-0.15, -0.1) is 0 Å². The number of aromatic amines is 1. The Morgan fingerprint density at radius 3 is 3.05 bits per heavy atom. The highest BCUT2D eigenvalue weighted by Crippen LogP contribution is 2.21. The number of H-pyrrole nitrogens is 1. The lowest BCUT2D eigenvalue weighted by atomic mass is 10.1. The molecule has 2 heterocycles. The van der Waals surface area contributed by atoms with Crippen molar-refractivity contribution in [2.24, 2.45) is 5.92 Å². The number of hydrogen-bond donors (Lipinski definition) is 1. The Morgan fingerprint density at radius 1 is 1.35 bits per heavy atom. The second-order valence-corrected chi connectivity index (χ2v) is 6.10. The topological polar surface area (TPSA) is 22.3 Å². The quantitative estimate of drug-likeness (QED) is 0.903. The molecule has 3 rings (SSSR count). The van der Waals surface area contributed by atoms with Crippen LogP contribution in [0.1, 0.15) is 18.9 Å². The molecular weight excluding hydrogens is 246 g/mol. The molecule has 20 heavy (non-hydrogen) atoms. The summed E-state index contributed by atoms with van der Waals surface area (Å²) < 4.78 is 0. The smallest absolute Gasteiger partial charge is 0.0457 e. The van der Waals surface area contributed by atoms with Crippen molar-refractivity contribution in [1.82, 2.24) is 14.8 Å². The first-order valence-corrected chi connectivity index (χ1v) is 7.72. The summed E-state index contributed by atoms with van der Waals surface area (Å²) in [6.07, 6.45) is 3.39. The lowest BCUT2D eigenvalue weighted by Gasteiger charge is -2.21. The van der Waals surface area contributed by atoms with Crippen LogP contribution in [0.5, 0.6) is 0 Å². The second-order valence-electron chi connectivity index (χ2n) is 6.10. The SMILES string of the molecule is CCN1CC[C@H](CN(C)Cc2cccc3[nH]ccc23)C1. The molecule has 0 amide bonds. The van der Waals surface area contributed by atoms with Crippen molar-refractivity contribution < 1.29 is 0 Å². The Labute approximate surface area is 121 Å². The van der Waals surface area contributed by atoms with Gasteiger partial charge in [0, 0.05) is 36.7 Å². The number of rotatable bonds is 5. The molecule has 0 radical (unpaired) electrons. The normalized spacial score (nSPS) is 20.2. The minimum absolute atomic E-state index is 0.838. The first-order chi connectivity index (χ1) is 9.76. The summed E-state index contributed by atoms with van der Waals surface area (Å²) in [5.74, 6) is 0.838. The Hall–Kier alpha value is -1.32. The highest BCUT2D eigenvalue weighted by molar-refractivity contribution is 5.82. The molecular formula is C17H25N3. The van der Waals surface area contributed by atoms with Crippen molar-refractivity contribution in [2.45, 2.75) is 19.9 Å². The van der Waals surface area contributed by atoms with Gasteiger partial charge in [0.15, 0.2) is 0 Å². The lowest BCUT2D eigenvalue weighted by Crippen LogP contribution is -2.28. The van der Waals surface area contributed by atoms with Gasteiger partial charge in [0.25, 0.3) is 0 Å². The molecule has 0 aliphatic carbocycles. The minimum Gasteiger partial charge on any atom is -0.361 e. The van der Waals surface area contributed by atoms with Crippen LogP contribution in [-0.4, -0.2) is 48.0 Å². The molecule has 0 saturated carbocycles. The van der Waals surface area contributed by atoms with Crippen LogP contribution in [-0.2, 0) is 6.54 Å².